The Kier molecular flexibility index (Phi) is 5.37. The molecule has 0 radical (unpaired) electrons. The van der Waals surface area contributed by atoms with Crippen molar-refractivity contribution in [1.82, 2.24) is 15.0 Å². The molecule has 1 unspecified atom stereocenters. The molecule has 1 aromatic heterocycles. The van der Waals surface area contributed by atoms with Gasteiger partial charge < -0.3 is 9.42 Å². The molecule has 29 heavy (non-hydrogen) atoms. The second kappa shape index (κ2) is 7.95. The van der Waals surface area contributed by atoms with Crippen LogP contribution >= 0.6 is 0 Å². The van der Waals surface area contributed by atoms with Gasteiger partial charge in [0.2, 0.25) is 11.7 Å². The van der Waals surface area contributed by atoms with Crippen LogP contribution in [-0.4, -0.2) is 41.2 Å². The number of halogens is 1. The third-order valence-corrected chi connectivity index (χ3v) is 6.01. The number of aromatic nitrogens is 2. The van der Waals surface area contributed by atoms with Crippen LogP contribution in [0.15, 0.2) is 40.9 Å². The number of piperazine rings is 1. The van der Waals surface area contributed by atoms with E-state index in [2.05, 4.69) is 58.9 Å². The van der Waals surface area contributed by atoms with Gasteiger partial charge in [-0.25, -0.2) is 4.39 Å². The van der Waals surface area contributed by atoms with Crippen LogP contribution in [0.2, 0.25) is 0 Å². The standard InChI is InChI=1S/C23H27FN4O/c1-15-6-5-7-21(17(15)3)28-12-10-27(11-13-28)18(4)23-25-22(26-29-23)19-9-8-16(2)20(24)14-19/h5-9,14,18H,10-13H2,1-4H3. The average molecular weight is 394 g/mol. The maximum Gasteiger partial charge on any atom is 0.244 e. The number of benzene rings is 2. The van der Waals surface area contributed by atoms with Gasteiger partial charge in [-0.1, -0.05) is 29.4 Å². The number of nitrogens with zero attached hydrogens (tertiary/aromatic N) is 4. The largest absolute Gasteiger partial charge is 0.369 e. The lowest BCUT2D eigenvalue weighted by Gasteiger charge is -2.38. The van der Waals surface area contributed by atoms with Gasteiger partial charge in [-0.05, 0) is 56.5 Å². The summed E-state index contributed by atoms with van der Waals surface area (Å²) in [5.41, 5.74) is 5.23. The molecule has 0 N–H and O–H groups in total. The normalized spacial score (nSPS) is 16.2. The number of rotatable bonds is 4. The molecule has 0 amide bonds. The fraction of sp³-hybridized carbons (Fsp3) is 0.391. The SMILES string of the molecule is Cc1ccc(-c2noc(C(C)N3CCN(c4cccc(C)c4C)CC3)n2)cc1F. The smallest absolute Gasteiger partial charge is 0.244 e. The Morgan fingerprint density at radius 1 is 1.00 bits per heavy atom. The highest BCUT2D eigenvalue weighted by Crippen LogP contribution is 2.27. The van der Waals surface area contributed by atoms with E-state index in [4.69, 9.17) is 4.52 Å². The van der Waals surface area contributed by atoms with Crippen molar-refractivity contribution in [2.75, 3.05) is 31.1 Å². The van der Waals surface area contributed by atoms with Gasteiger partial charge in [0.15, 0.2) is 0 Å². The molecule has 5 nitrogen and oxygen atoms in total. The lowest BCUT2D eigenvalue weighted by atomic mass is 10.1. The molecule has 1 aliphatic heterocycles. The highest BCUT2D eigenvalue weighted by molar-refractivity contribution is 5.56. The first kappa shape index (κ1) is 19.6. The summed E-state index contributed by atoms with van der Waals surface area (Å²) in [6.45, 7) is 11.9. The molecule has 1 aliphatic rings. The highest BCUT2D eigenvalue weighted by Gasteiger charge is 2.26. The van der Waals surface area contributed by atoms with Crippen molar-refractivity contribution in [3.63, 3.8) is 0 Å². The fourth-order valence-corrected chi connectivity index (χ4v) is 3.84. The van der Waals surface area contributed by atoms with Gasteiger partial charge in [0, 0.05) is 37.4 Å². The topological polar surface area (TPSA) is 45.4 Å². The summed E-state index contributed by atoms with van der Waals surface area (Å²) in [5.74, 6) is 0.741. The molecule has 2 aromatic carbocycles. The maximum atomic E-state index is 13.9. The van der Waals surface area contributed by atoms with E-state index in [9.17, 15) is 4.39 Å². The summed E-state index contributed by atoms with van der Waals surface area (Å²) < 4.78 is 19.4. The molecular weight excluding hydrogens is 367 g/mol. The molecule has 152 valence electrons. The van der Waals surface area contributed by atoms with E-state index >= 15 is 0 Å². The van der Waals surface area contributed by atoms with E-state index in [1.165, 1.54) is 22.9 Å². The number of hydrogen-bond donors (Lipinski definition) is 0. The van der Waals surface area contributed by atoms with Gasteiger partial charge in [0.1, 0.15) is 5.82 Å². The first-order valence-electron chi connectivity index (χ1n) is 10.1. The van der Waals surface area contributed by atoms with Crippen molar-refractivity contribution < 1.29 is 8.91 Å². The molecule has 0 bridgehead atoms. The molecule has 1 atom stereocenters. The molecule has 0 saturated carbocycles. The summed E-state index contributed by atoms with van der Waals surface area (Å²) in [6, 6.07) is 11.5. The Morgan fingerprint density at radius 3 is 2.48 bits per heavy atom. The van der Waals surface area contributed by atoms with Crippen LogP contribution in [0.3, 0.4) is 0 Å². The van der Waals surface area contributed by atoms with Crippen LogP contribution in [0, 0.1) is 26.6 Å². The van der Waals surface area contributed by atoms with Gasteiger partial charge in [-0.15, -0.1) is 0 Å². The number of aryl methyl sites for hydroxylation is 2. The monoisotopic (exact) mass is 394 g/mol. The molecule has 1 fully saturated rings. The lowest BCUT2D eigenvalue weighted by molar-refractivity contribution is 0.164. The van der Waals surface area contributed by atoms with Crippen molar-refractivity contribution in [2.45, 2.75) is 33.7 Å². The molecule has 0 aliphatic carbocycles. The fourth-order valence-electron chi connectivity index (χ4n) is 3.84. The second-order valence-corrected chi connectivity index (χ2v) is 7.84. The Hall–Kier alpha value is -2.73. The minimum Gasteiger partial charge on any atom is -0.369 e. The molecule has 1 saturated heterocycles. The van der Waals surface area contributed by atoms with Crippen molar-refractivity contribution in [2.24, 2.45) is 0 Å². The van der Waals surface area contributed by atoms with Gasteiger partial charge in [0.25, 0.3) is 0 Å². The van der Waals surface area contributed by atoms with Crippen molar-refractivity contribution in [3.05, 3.63) is 64.8 Å². The van der Waals surface area contributed by atoms with Crippen LogP contribution in [0.4, 0.5) is 10.1 Å². The number of hydrogen-bond acceptors (Lipinski definition) is 5. The van der Waals surface area contributed by atoms with Gasteiger partial charge in [-0.3, -0.25) is 4.90 Å². The zero-order chi connectivity index (χ0) is 20.5. The minimum atomic E-state index is -0.260. The zero-order valence-corrected chi connectivity index (χ0v) is 17.4. The van der Waals surface area contributed by atoms with Gasteiger partial charge in [-0.2, -0.15) is 4.98 Å². The summed E-state index contributed by atoms with van der Waals surface area (Å²) in [6.07, 6.45) is 0. The summed E-state index contributed by atoms with van der Waals surface area (Å²) in [5, 5.41) is 4.07. The van der Waals surface area contributed by atoms with E-state index in [0.29, 0.717) is 22.8 Å². The van der Waals surface area contributed by atoms with E-state index in [1.54, 1.807) is 13.0 Å². The highest BCUT2D eigenvalue weighted by atomic mass is 19.1. The molecule has 4 rings (SSSR count). The number of anilines is 1. The summed E-state index contributed by atoms with van der Waals surface area (Å²) >= 11 is 0. The summed E-state index contributed by atoms with van der Waals surface area (Å²) in [4.78, 5) is 9.33. The third-order valence-electron chi connectivity index (χ3n) is 6.01. The molecule has 3 aromatic rings. The lowest BCUT2D eigenvalue weighted by Crippen LogP contribution is -2.47. The molecular formula is C23H27FN4O. The van der Waals surface area contributed by atoms with Gasteiger partial charge in [0.05, 0.1) is 6.04 Å². The first-order chi connectivity index (χ1) is 13.9. The van der Waals surface area contributed by atoms with Crippen LogP contribution in [0.1, 0.15) is 35.5 Å². The zero-order valence-electron chi connectivity index (χ0n) is 17.4. The Bertz CT molecular complexity index is 1010. The van der Waals surface area contributed by atoms with Crippen LogP contribution in [-0.2, 0) is 0 Å². The molecule has 0 spiro atoms. The van der Waals surface area contributed by atoms with Crippen LogP contribution in [0.5, 0.6) is 0 Å². The van der Waals surface area contributed by atoms with Crippen LogP contribution in [0.25, 0.3) is 11.4 Å². The maximum absolute atomic E-state index is 13.9. The Balaban J connectivity index is 1.43. The van der Waals surface area contributed by atoms with E-state index < -0.39 is 0 Å². The average Bonchev–Trinajstić information content (AvgIpc) is 3.22. The second-order valence-electron chi connectivity index (χ2n) is 7.84. The van der Waals surface area contributed by atoms with E-state index in [0.717, 1.165) is 26.2 Å². The van der Waals surface area contributed by atoms with E-state index in [-0.39, 0.29) is 11.9 Å². The minimum absolute atomic E-state index is 0.0206. The summed E-state index contributed by atoms with van der Waals surface area (Å²) in [7, 11) is 0. The van der Waals surface area contributed by atoms with E-state index in [1.807, 2.05) is 6.07 Å². The quantitative estimate of drug-likeness (QED) is 0.643. The Morgan fingerprint density at radius 2 is 1.76 bits per heavy atom. The molecule has 6 heteroatoms. The predicted octanol–water partition coefficient (Wildman–Crippen LogP) is 4.68. The third kappa shape index (κ3) is 3.90. The van der Waals surface area contributed by atoms with Crippen molar-refractivity contribution in [1.29, 1.82) is 0 Å². The van der Waals surface area contributed by atoms with Crippen LogP contribution < -0.4 is 4.90 Å². The predicted molar refractivity (Wildman–Crippen MR) is 113 cm³/mol. The Labute approximate surface area is 171 Å². The van der Waals surface area contributed by atoms with Crippen molar-refractivity contribution >= 4 is 5.69 Å². The first-order valence-corrected chi connectivity index (χ1v) is 10.1. The molecule has 2 heterocycles. The van der Waals surface area contributed by atoms with Crippen molar-refractivity contribution in [3.8, 4) is 11.4 Å². The van der Waals surface area contributed by atoms with Gasteiger partial charge >= 0.3 is 0 Å².